The first-order valence-corrected chi connectivity index (χ1v) is 7.95. The molecule has 1 N–H and O–H groups in total. The molecule has 0 fully saturated rings. The van der Waals surface area contributed by atoms with Crippen LogP contribution in [0.2, 0.25) is 0 Å². The molecule has 126 valence electrons. The number of esters is 1. The molecule has 0 heterocycles. The molecule has 0 aliphatic carbocycles. The molecule has 2 rings (SSSR count). The fourth-order valence-corrected chi connectivity index (χ4v) is 2.27. The van der Waals surface area contributed by atoms with Gasteiger partial charge in [0.05, 0.1) is 5.56 Å². The summed E-state index contributed by atoms with van der Waals surface area (Å²) in [6.07, 6.45) is -0.876. The molecule has 0 spiro atoms. The third-order valence-electron chi connectivity index (χ3n) is 4.26. The third-order valence-corrected chi connectivity index (χ3v) is 4.26. The Labute approximate surface area is 142 Å². The lowest BCUT2D eigenvalue weighted by atomic mass is 10.1. The van der Waals surface area contributed by atoms with Crippen LogP contribution in [0.4, 0.5) is 5.69 Å². The number of aryl methyl sites for hydroxylation is 3. The Kier molecular flexibility index (Phi) is 5.39. The molecule has 4 heteroatoms. The van der Waals surface area contributed by atoms with E-state index in [1.54, 1.807) is 19.1 Å². The fourth-order valence-electron chi connectivity index (χ4n) is 2.27. The van der Waals surface area contributed by atoms with E-state index in [2.05, 4.69) is 5.32 Å². The monoisotopic (exact) mass is 325 g/mol. The van der Waals surface area contributed by atoms with Gasteiger partial charge >= 0.3 is 5.97 Å². The number of benzene rings is 2. The highest BCUT2D eigenvalue weighted by molar-refractivity contribution is 5.97. The summed E-state index contributed by atoms with van der Waals surface area (Å²) in [6.45, 7) is 9.40. The molecular weight excluding hydrogens is 302 g/mol. The van der Waals surface area contributed by atoms with Crippen molar-refractivity contribution < 1.29 is 14.3 Å². The molecular formula is C20H23NO3. The average molecular weight is 325 g/mol. The predicted octanol–water partition coefficient (Wildman–Crippen LogP) is 4.10. The highest BCUT2D eigenvalue weighted by atomic mass is 16.5. The van der Waals surface area contributed by atoms with Gasteiger partial charge in [-0.3, -0.25) is 4.79 Å². The van der Waals surface area contributed by atoms with Crippen molar-refractivity contribution in [3.63, 3.8) is 0 Å². The van der Waals surface area contributed by atoms with E-state index in [0.29, 0.717) is 5.56 Å². The molecule has 1 amide bonds. The summed E-state index contributed by atoms with van der Waals surface area (Å²) < 4.78 is 5.28. The second-order valence-electron chi connectivity index (χ2n) is 6.08. The van der Waals surface area contributed by atoms with Crippen molar-refractivity contribution in [1.29, 1.82) is 0 Å². The SMILES string of the molecule is Cc1ccc(C(=O)O[C@H](C)C(=O)Nc2cccc(C)c2C)cc1C. The van der Waals surface area contributed by atoms with Crippen molar-refractivity contribution in [2.24, 2.45) is 0 Å². The molecule has 2 aromatic rings. The Hall–Kier alpha value is -2.62. The number of carbonyl (C=O) groups excluding carboxylic acids is 2. The van der Waals surface area contributed by atoms with Gasteiger partial charge in [0.25, 0.3) is 5.91 Å². The second kappa shape index (κ2) is 7.30. The van der Waals surface area contributed by atoms with Crippen LogP contribution >= 0.6 is 0 Å². The van der Waals surface area contributed by atoms with Gasteiger partial charge in [0.15, 0.2) is 6.10 Å². The van der Waals surface area contributed by atoms with Crippen LogP contribution in [0.25, 0.3) is 0 Å². The van der Waals surface area contributed by atoms with Crippen LogP contribution < -0.4 is 5.32 Å². The first-order chi connectivity index (χ1) is 11.3. The van der Waals surface area contributed by atoms with Crippen molar-refractivity contribution in [2.45, 2.75) is 40.7 Å². The molecule has 1 atom stereocenters. The van der Waals surface area contributed by atoms with Crippen molar-refractivity contribution in [3.8, 4) is 0 Å². The number of hydrogen-bond donors (Lipinski definition) is 1. The standard InChI is InChI=1S/C20H23NO3/c1-12-9-10-17(11-14(12)3)20(23)24-16(5)19(22)21-18-8-6-7-13(2)15(18)4/h6-11,16H,1-5H3,(H,21,22)/t16-/m1/s1. The number of rotatable bonds is 4. The maximum absolute atomic E-state index is 12.3. The topological polar surface area (TPSA) is 55.4 Å². The van der Waals surface area contributed by atoms with Crippen LogP contribution in [-0.2, 0) is 9.53 Å². The number of ether oxygens (including phenoxy) is 1. The molecule has 0 aliphatic heterocycles. The van der Waals surface area contributed by atoms with E-state index in [4.69, 9.17) is 4.74 Å². The highest BCUT2D eigenvalue weighted by Gasteiger charge is 2.20. The van der Waals surface area contributed by atoms with Gasteiger partial charge in [-0.05, 0) is 75.1 Å². The summed E-state index contributed by atoms with van der Waals surface area (Å²) in [5.74, 6) is -0.845. The number of hydrogen-bond acceptors (Lipinski definition) is 3. The minimum Gasteiger partial charge on any atom is -0.449 e. The molecule has 0 aromatic heterocycles. The maximum Gasteiger partial charge on any atom is 0.338 e. The molecule has 0 unspecified atom stereocenters. The van der Waals surface area contributed by atoms with Gasteiger partial charge in [-0.1, -0.05) is 18.2 Å². The summed E-state index contributed by atoms with van der Waals surface area (Å²) in [5, 5.41) is 2.81. The predicted molar refractivity (Wildman–Crippen MR) is 95.3 cm³/mol. The van der Waals surface area contributed by atoms with E-state index in [1.165, 1.54) is 0 Å². The summed E-state index contributed by atoms with van der Waals surface area (Å²) in [7, 11) is 0. The highest BCUT2D eigenvalue weighted by Crippen LogP contribution is 2.18. The number of anilines is 1. The molecule has 0 aliphatic rings. The second-order valence-corrected chi connectivity index (χ2v) is 6.08. The zero-order chi connectivity index (χ0) is 17.9. The van der Waals surface area contributed by atoms with E-state index in [1.807, 2.05) is 52.0 Å². The smallest absolute Gasteiger partial charge is 0.338 e. The molecule has 0 bridgehead atoms. The Morgan fingerprint density at radius 3 is 2.33 bits per heavy atom. The molecule has 24 heavy (non-hydrogen) atoms. The van der Waals surface area contributed by atoms with E-state index in [-0.39, 0.29) is 5.91 Å². The lowest BCUT2D eigenvalue weighted by molar-refractivity contribution is -0.123. The molecule has 2 aromatic carbocycles. The van der Waals surface area contributed by atoms with Gasteiger partial charge in [-0.2, -0.15) is 0 Å². The van der Waals surface area contributed by atoms with Crippen LogP contribution in [0.5, 0.6) is 0 Å². The van der Waals surface area contributed by atoms with E-state index >= 15 is 0 Å². The van der Waals surface area contributed by atoms with Crippen LogP contribution in [0.15, 0.2) is 36.4 Å². The van der Waals surface area contributed by atoms with Gasteiger partial charge in [0, 0.05) is 5.69 Å². The molecule has 4 nitrogen and oxygen atoms in total. The molecule has 0 saturated heterocycles. The molecule has 0 saturated carbocycles. The van der Waals surface area contributed by atoms with E-state index in [9.17, 15) is 9.59 Å². The largest absolute Gasteiger partial charge is 0.449 e. The van der Waals surface area contributed by atoms with Crippen molar-refractivity contribution in [1.82, 2.24) is 0 Å². The quantitative estimate of drug-likeness (QED) is 0.861. The Morgan fingerprint density at radius 2 is 1.67 bits per heavy atom. The van der Waals surface area contributed by atoms with E-state index < -0.39 is 12.1 Å². The lowest BCUT2D eigenvalue weighted by Crippen LogP contribution is -2.30. The van der Waals surface area contributed by atoms with Crippen molar-refractivity contribution in [3.05, 3.63) is 64.2 Å². The molecule has 0 radical (unpaired) electrons. The van der Waals surface area contributed by atoms with Crippen LogP contribution in [-0.4, -0.2) is 18.0 Å². The van der Waals surface area contributed by atoms with Gasteiger partial charge in [-0.25, -0.2) is 4.79 Å². The maximum atomic E-state index is 12.3. The Bertz CT molecular complexity index is 780. The van der Waals surface area contributed by atoms with Crippen LogP contribution in [0.3, 0.4) is 0 Å². The number of carbonyl (C=O) groups is 2. The van der Waals surface area contributed by atoms with Crippen LogP contribution in [0, 0.1) is 27.7 Å². The Morgan fingerprint density at radius 1 is 0.958 bits per heavy atom. The first kappa shape index (κ1) is 17.7. The first-order valence-electron chi connectivity index (χ1n) is 7.95. The lowest BCUT2D eigenvalue weighted by Gasteiger charge is -2.16. The van der Waals surface area contributed by atoms with Crippen molar-refractivity contribution in [2.75, 3.05) is 5.32 Å². The van der Waals surface area contributed by atoms with Crippen LogP contribution in [0.1, 0.15) is 39.5 Å². The Balaban J connectivity index is 2.04. The number of nitrogens with one attached hydrogen (secondary N) is 1. The number of amides is 1. The zero-order valence-electron chi connectivity index (χ0n) is 14.8. The van der Waals surface area contributed by atoms with E-state index in [0.717, 1.165) is 27.9 Å². The van der Waals surface area contributed by atoms with Gasteiger partial charge < -0.3 is 10.1 Å². The third kappa shape index (κ3) is 4.02. The van der Waals surface area contributed by atoms with Gasteiger partial charge in [-0.15, -0.1) is 0 Å². The minimum absolute atomic E-state index is 0.346. The minimum atomic E-state index is -0.876. The summed E-state index contributed by atoms with van der Waals surface area (Å²) >= 11 is 0. The zero-order valence-corrected chi connectivity index (χ0v) is 14.8. The normalized spacial score (nSPS) is 11.7. The summed E-state index contributed by atoms with van der Waals surface area (Å²) in [6, 6.07) is 11.0. The average Bonchev–Trinajstić information content (AvgIpc) is 2.54. The van der Waals surface area contributed by atoms with Crippen molar-refractivity contribution >= 4 is 17.6 Å². The van der Waals surface area contributed by atoms with Gasteiger partial charge in [0.2, 0.25) is 0 Å². The van der Waals surface area contributed by atoms with Gasteiger partial charge in [0.1, 0.15) is 0 Å². The summed E-state index contributed by atoms with van der Waals surface area (Å²) in [5.41, 5.74) is 5.38. The summed E-state index contributed by atoms with van der Waals surface area (Å²) in [4.78, 5) is 24.5. The fraction of sp³-hybridized carbons (Fsp3) is 0.300.